The molecule has 1 heterocycles. The van der Waals surface area contributed by atoms with Gasteiger partial charge in [-0.25, -0.2) is 4.98 Å². The summed E-state index contributed by atoms with van der Waals surface area (Å²) in [7, 11) is 1.69. The van der Waals surface area contributed by atoms with Gasteiger partial charge in [0.15, 0.2) is 0 Å². The lowest BCUT2D eigenvalue weighted by Crippen LogP contribution is -2.05. The van der Waals surface area contributed by atoms with E-state index in [0.717, 1.165) is 17.7 Å². The molecule has 0 aliphatic carbocycles. The molecule has 0 saturated heterocycles. The molecule has 0 aliphatic heterocycles. The van der Waals surface area contributed by atoms with Gasteiger partial charge < -0.3 is 9.88 Å². The van der Waals surface area contributed by atoms with E-state index < -0.39 is 11.7 Å². The van der Waals surface area contributed by atoms with E-state index in [1.165, 1.54) is 0 Å². The summed E-state index contributed by atoms with van der Waals surface area (Å²) in [4.78, 5) is 4.22. The first-order chi connectivity index (χ1) is 11.3. The Morgan fingerprint density at radius 3 is 2.42 bits per heavy atom. The molecular formula is C16H12Cl2F3N3. The molecule has 0 amide bonds. The van der Waals surface area contributed by atoms with E-state index in [2.05, 4.69) is 10.3 Å². The standard InChI is InChI=1S/C16H12Cl2F3N3/c1-24-14-12(18)6-10(16(19,20)21)7-13(14)23-15(24)22-8-9-2-4-11(17)5-3-9/h2-7H,8H2,1H3,(H,22,23). The van der Waals surface area contributed by atoms with Crippen molar-refractivity contribution >= 4 is 40.2 Å². The zero-order valence-electron chi connectivity index (χ0n) is 12.5. The van der Waals surface area contributed by atoms with E-state index in [9.17, 15) is 13.2 Å². The number of aryl methyl sites for hydroxylation is 1. The molecule has 0 bridgehead atoms. The van der Waals surface area contributed by atoms with Crippen LogP contribution in [0, 0.1) is 0 Å². The maximum absolute atomic E-state index is 12.9. The fourth-order valence-corrected chi connectivity index (χ4v) is 2.87. The zero-order chi connectivity index (χ0) is 17.5. The van der Waals surface area contributed by atoms with Crippen LogP contribution < -0.4 is 5.32 Å². The highest BCUT2D eigenvalue weighted by molar-refractivity contribution is 6.35. The second-order valence-corrected chi connectivity index (χ2v) is 6.14. The fourth-order valence-electron chi connectivity index (χ4n) is 2.40. The van der Waals surface area contributed by atoms with Gasteiger partial charge in [-0.2, -0.15) is 13.2 Å². The summed E-state index contributed by atoms with van der Waals surface area (Å²) in [6, 6.07) is 9.14. The highest BCUT2D eigenvalue weighted by atomic mass is 35.5. The first-order valence-electron chi connectivity index (χ1n) is 6.97. The molecule has 0 unspecified atom stereocenters. The normalized spacial score (nSPS) is 11.9. The van der Waals surface area contributed by atoms with Gasteiger partial charge in [-0.1, -0.05) is 35.3 Å². The average molecular weight is 374 g/mol. The van der Waals surface area contributed by atoms with E-state index in [1.54, 1.807) is 23.7 Å². The van der Waals surface area contributed by atoms with Crippen LogP contribution in [-0.2, 0) is 19.8 Å². The fraction of sp³-hybridized carbons (Fsp3) is 0.188. The van der Waals surface area contributed by atoms with E-state index in [1.807, 2.05) is 12.1 Å². The number of anilines is 1. The molecule has 0 atom stereocenters. The summed E-state index contributed by atoms with van der Waals surface area (Å²) in [6.45, 7) is 0.456. The molecule has 0 aliphatic rings. The summed E-state index contributed by atoms with van der Waals surface area (Å²) in [5, 5.41) is 3.73. The van der Waals surface area contributed by atoms with Crippen LogP contribution in [0.3, 0.4) is 0 Å². The third-order valence-corrected chi connectivity index (χ3v) is 4.15. The zero-order valence-corrected chi connectivity index (χ0v) is 14.0. The SMILES string of the molecule is Cn1c(NCc2ccc(Cl)cc2)nc2cc(C(F)(F)F)cc(Cl)c21. The number of hydrogen-bond donors (Lipinski definition) is 1. The first kappa shape index (κ1) is 16.9. The molecule has 3 nitrogen and oxygen atoms in total. The summed E-state index contributed by atoms with van der Waals surface area (Å²) in [5.41, 5.74) is 0.787. The lowest BCUT2D eigenvalue weighted by molar-refractivity contribution is -0.137. The van der Waals surface area contributed by atoms with Crippen molar-refractivity contribution in [2.75, 3.05) is 5.32 Å². The molecule has 2 aromatic carbocycles. The van der Waals surface area contributed by atoms with Crippen LogP contribution in [0.2, 0.25) is 10.0 Å². The quantitative estimate of drug-likeness (QED) is 0.655. The number of nitrogens with zero attached hydrogens (tertiary/aromatic N) is 2. The van der Waals surface area contributed by atoms with Crippen LogP contribution in [-0.4, -0.2) is 9.55 Å². The lowest BCUT2D eigenvalue weighted by atomic mass is 10.2. The van der Waals surface area contributed by atoms with Gasteiger partial charge in [0.05, 0.1) is 21.6 Å². The van der Waals surface area contributed by atoms with Crippen LogP contribution >= 0.6 is 23.2 Å². The van der Waals surface area contributed by atoms with Crippen LogP contribution in [0.5, 0.6) is 0 Å². The van der Waals surface area contributed by atoms with Crippen molar-refractivity contribution in [1.29, 1.82) is 0 Å². The smallest absolute Gasteiger partial charge is 0.352 e. The monoisotopic (exact) mass is 373 g/mol. The van der Waals surface area contributed by atoms with Crippen molar-refractivity contribution in [3.05, 3.63) is 57.6 Å². The predicted molar refractivity (Wildman–Crippen MR) is 89.5 cm³/mol. The molecule has 0 saturated carbocycles. The molecule has 1 N–H and O–H groups in total. The van der Waals surface area contributed by atoms with E-state index in [0.29, 0.717) is 23.0 Å². The second kappa shape index (κ2) is 6.18. The Morgan fingerprint density at radius 1 is 1.12 bits per heavy atom. The minimum absolute atomic E-state index is 0.00867. The minimum atomic E-state index is -4.47. The summed E-state index contributed by atoms with van der Waals surface area (Å²) < 4.78 is 40.3. The number of fused-ring (bicyclic) bond motifs is 1. The molecule has 8 heteroatoms. The largest absolute Gasteiger partial charge is 0.416 e. The molecule has 0 spiro atoms. The number of halogens is 5. The van der Waals surface area contributed by atoms with Gasteiger partial charge in [0.2, 0.25) is 5.95 Å². The highest BCUT2D eigenvalue weighted by Gasteiger charge is 2.32. The van der Waals surface area contributed by atoms with Crippen LogP contribution in [0.15, 0.2) is 36.4 Å². The third-order valence-electron chi connectivity index (χ3n) is 3.61. The van der Waals surface area contributed by atoms with E-state index in [4.69, 9.17) is 23.2 Å². The number of alkyl halides is 3. The molecule has 0 radical (unpaired) electrons. The Bertz CT molecular complexity index is 886. The number of aromatic nitrogens is 2. The van der Waals surface area contributed by atoms with Crippen molar-refractivity contribution in [2.45, 2.75) is 12.7 Å². The minimum Gasteiger partial charge on any atom is -0.352 e. The van der Waals surface area contributed by atoms with Gasteiger partial charge in [0.1, 0.15) is 0 Å². The van der Waals surface area contributed by atoms with Crippen molar-refractivity contribution in [2.24, 2.45) is 7.05 Å². The topological polar surface area (TPSA) is 29.9 Å². The maximum Gasteiger partial charge on any atom is 0.416 e. The highest BCUT2D eigenvalue weighted by Crippen LogP contribution is 2.35. The first-order valence-corrected chi connectivity index (χ1v) is 7.73. The number of benzene rings is 2. The Kier molecular flexibility index (Phi) is 4.36. The van der Waals surface area contributed by atoms with E-state index >= 15 is 0 Å². The Hall–Kier alpha value is -1.92. The van der Waals surface area contributed by atoms with Crippen molar-refractivity contribution in [1.82, 2.24) is 9.55 Å². The van der Waals surface area contributed by atoms with Gasteiger partial charge in [-0.05, 0) is 29.8 Å². The lowest BCUT2D eigenvalue weighted by Gasteiger charge is -2.08. The Labute approximate surface area is 146 Å². The number of imidazole rings is 1. The summed E-state index contributed by atoms with van der Waals surface area (Å²) >= 11 is 11.9. The van der Waals surface area contributed by atoms with E-state index in [-0.39, 0.29) is 10.5 Å². The second-order valence-electron chi connectivity index (χ2n) is 5.30. The third kappa shape index (κ3) is 3.30. The predicted octanol–water partition coefficient (Wildman–Crippen LogP) is 5.51. The Balaban J connectivity index is 1.93. The molecule has 1 aromatic heterocycles. The molecular weight excluding hydrogens is 362 g/mol. The van der Waals surface area contributed by atoms with Crippen LogP contribution in [0.25, 0.3) is 11.0 Å². The molecule has 126 valence electrons. The number of hydrogen-bond acceptors (Lipinski definition) is 2. The number of rotatable bonds is 3. The van der Waals surface area contributed by atoms with Gasteiger partial charge in [-0.15, -0.1) is 0 Å². The molecule has 3 rings (SSSR count). The van der Waals surface area contributed by atoms with Crippen molar-refractivity contribution in [3.8, 4) is 0 Å². The van der Waals surface area contributed by atoms with Gasteiger partial charge >= 0.3 is 6.18 Å². The summed E-state index contributed by atoms with van der Waals surface area (Å²) in [6.07, 6.45) is -4.47. The maximum atomic E-state index is 12.9. The molecule has 3 aromatic rings. The summed E-state index contributed by atoms with van der Waals surface area (Å²) in [5.74, 6) is 0.432. The van der Waals surface area contributed by atoms with Gasteiger partial charge in [0, 0.05) is 18.6 Å². The van der Waals surface area contributed by atoms with Crippen molar-refractivity contribution < 1.29 is 13.2 Å². The van der Waals surface area contributed by atoms with Gasteiger partial charge in [0.25, 0.3) is 0 Å². The Morgan fingerprint density at radius 2 is 1.79 bits per heavy atom. The number of nitrogens with one attached hydrogen (secondary N) is 1. The van der Waals surface area contributed by atoms with Crippen molar-refractivity contribution in [3.63, 3.8) is 0 Å². The van der Waals surface area contributed by atoms with Crippen LogP contribution in [0.1, 0.15) is 11.1 Å². The average Bonchev–Trinajstić information content (AvgIpc) is 2.82. The molecule has 0 fully saturated rings. The van der Waals surface area contributed by atoms with Crippen LogP contribution in [0.4, 0.5) is 19.1 Å². The van der Waals surface area contributed by atoms with Gasteiger partial charge in [-0.3, -0.25) is 0 Å². The molecule has 24 heavy (non-hydrogen) atoms.